The second-order valence-electron chi connectivity index (χ2n) is 3.06. The van der Waals surface area contributed by atoms with Crippen LogP contribution >= 0.6 is 0 Å². The molecule has 0 saturated heterocycles. The van der Waals surface area contributed by atoms with Gasteiger partial charge in [0.15, 0.2) is 0 Å². The molecule has 0 saturated carbocycles. The zero-order chi connectivity index (χ0) is 9.97. The van der Waals surface area contributed by atoms with Gasteiger partial charge in [0.05, 0.1) is 6.54 Å². The number of H-pyrrole nitrogens is 1. The van der Waals surface area contributed by atoms with Crippen LogP contribution in [0.1, 0.15) is 5.56 Å². The number of phenols is 1. The van der Waals surface area contributed by atoms with Crippen molar-refractivity contribution in [2.75, 3.05) is 0 Å². The van der Waals surface area contributed by atoms with Gasteiger partial charge in [-0.15, -0.1) is 0 Å². The van der Waals surface area contributed by atoms with Crippen molar-refractivity contribution in [2.24, 2.45) is 0 Å². The number of benzene rings is 1. The van der Waals surface area contributed by atoms with Crippen LogP contribution in [0.5, 0.6) is 5.75 Å². The molecule has 0 atom stereocenters. The maximum absolute atomic E-state index is 11.1. The molecule has 2 rings (SSSR count). The molecule has 14 heavy (non-hydrogen) atoms. The largest absolute Gasteiger partial charge is 0.508 e. The van der Waals surface area contributed by atoms with E-state index in [0.717, 1.165) is 5.56 Å². The predicted octanol–water partition coefficient (Wildman–Crippen LogP) is 0.930. The van der Waals surface area contributed by atoms with Gasteiger partial charge in [0.25, 0.3) is 0 Å². The van der Waals surface area contributed by atoms with E-state index in [1.54, 1.807) is 41.2 Å². The predicted molar refractivity (Wildman–Crippen MR) is 52.3 cm³/mol. The van der Waals surface area contributed by atoms with Gasteiger partial charge in [-0.1, -0.05) is 12.1 Å². The van der Waals surface area contributed by atoms with Gasteiger partial charge >= 0.3 is 5.69 Å². The van der Waals surface area contributed by atoms with Gasteiger partial charge in [-0.05, 0) is 17.7 Å². The zero-order valence-corrected chi connectivity index (χ0v) is 7.47. The minimum absolute atomic E-state index is 0.127. The quantitative estimate of drug-likeness (QED) is 0.740. The maximum Gasteiger partial charge on any atom is 0.325 e. The first kappa shape index (κ1) is 8.62. The Kier molecular flexibility index (Phi) is 2.10. The molecule has 0 aliphatic carbocycles. The molecule has 0 amide bonds. The highest BCUT2D eigenvalue weighted by molar-refractivity contribution is 5.25. The van der Waals surface area contributed by atoms with E-state index in [1.807, 2.05) is 0 Å². The molecule has 1 aromatic heterocycles. The number of aromatic hydroxyl groups is 1. The molecule has 2 N–H and O–H groups in total. The standard InChI is InChI=1S/C10H10N2O2/c13-9-3-1-8(2-4-9)7-12-6-5-11-10(12)14/h1-6,13H,7H2,(H,11,14). The number of rotatable bonds is 2. The fourth-order valence-electron chi connectivity index (χ4n) is 1.27. The Hall–Kier alpha value is -1.97. The molecule has 1 aromatic carbocycles. The first-order valence-corrected chi connectivity index (χ1v) is 4.27. The number of aromatic nitrogens is 2. The van der Waals surface area contributed by atoms with Crippen molar-refractivity contribution in [3.8, 4) is 5.75 Å². The number of aromatic amines is 1. The molecular weight excluding hydrogens is 180 g/mol. The molecule has 0 spiro atoms. The van der Waals surface area contributed by atoms with Gasteiger partial charge < -0.3 is 10.1 Å². The Labute approximate surface area is 80.4 Å². The molecule has 0 aliphatic heterocycles. The van der Waals surface area contributed by atoms with Gasteiger partial charge in [-0.3, -0.25) is 4.57 Å². The first-order chi connectivity index (χ1) is 6.75. The molecule has 4 nitrogen and oxygen atoms in total. The van der Waals surface area contributed by atoms with E-state index in [4.69, 9.17) is 5.11 Å². The average Bonchev–Trinajstić information content (AvgIpc) is 2.56. The van der Waals surface area contributed by atoms with E-state index < -0.39 is 0 Å². The van der Waals surface area contributed by atoms with Crippen LogP contribution in [0.4, 0.5) is 0 Å². The average molecular weight is 190 g/mol. The molecule has 0 bridgehead atoms. The normalized spacial score (nSPS) is 10.3. The van der Waals surface area contributed by atoms with Crippen LogP contribution in [0.15, 0.2) is 41.5 Å². The Morgan fingerprint density at radius 1 is 1.29 bits per heavy atom. The highest BCUT2D eigenvalue weighted by Crippen LogP contribution is 2.09. The highest BCUT2D eigenvalue weighted by atomic mass is 16.3. The van der Waals surface area contributed by atoms with Crippen molar-refractivity contribution in [3.05, 3.63) is 52.7 Å². The van der Waals surface area contributed by atoms with Crippen molar-refractivity contribution in [1.82, 2.24) is 9.55 Å². The second-order valence-corrected chi connectivity index (χ2v) is 3.06. The lowest BCUT2D eigenvalue weighted by Gasteiger charge is -2.01. The summed E-state index contributed by atoms with van der Waals surface area (Å²) in [5, 5.41) is 9.06. The lowest BCUT2D eigenvalue weighted by molar-refractivity contribution is 0.475. The van der Waals surface area contributed by atoms with Crippen molar-refractivity contribution in [3.63, 3.8) is 0 Å². The molecule has 2 aromatic rings. The van der Waals surface area contributed by atoms with Gasteiger partial charge in [0.1, 0.15) is 5.75 Å². The minimum Gasteiger partial charge on any atom is -0.508 e. The molecule has 0 radical (unpaired) electrons. The third-order valence-electron chi connectivity index (χ3n) is 2.01. The summed E-state index contributed by atoms with van der Waals surface area (Å²) in [6.07, 6.45) is 3.29. The number of hydrogen-bond donors (Lipinski definition) is 2. The molecule has 72 valence electrons. The summed E-state index contributed by atoms with van der Waals surface area (Å²) in [6.45, 7) is 0.516. The lowest BCUT2D eigenvalue weighted by Crippen LogP contribution is -2.16. The van der Waals surface area contributed by atoms with Crippen LogP contribution in [0.25, 0.3) is 0 Å². The van der Waals surface area contributed by atoms with E-state index in [9.17, 15) is 4.79 Å². The fraction of sp³-hybridized carbons (Fsp3) is 0.100. The molecular formula is C10H10N2O2. The highest BCUT2D eigenvalue weighted by Gasteiger charge is 1.97. The molecule has 1 heterocycles. The van der Waals surface area contributed by atoms with E-state index in [2.05, 4.69) is 4.98 Å². The van der Waals surface area contributed by atoms with Crippen LogP contribution in [-0.2, 0) is 6.54 Å². The van der Waals surface area contributed by atoms with Gasteiger partial charge in [0, 0.05) is 12.4 Å². The maximum atomic E-state index is 11.1. The topological polar surface area (TPSA) is 58.0 Å². The Morgan fingerprint density at radius 2 is 2.00 bits per heavy atom. The van der Waals surface area contributed by atoms with Crippen LogP contribution in [0.3, 0.4) is 0 Å². The van der Waals surface area contributed by atoms with E-state index >= 15 is 0 Å². The third kappa shape index (κ3) is 1.69. The molecule has 4 heteroatoms. The zero-order valence-electron chi connectivity index (χ0n) is 7.47. The van der Waals surface area contributed by atoms with E-state index in [1.165, 1.54) is 0 Å². The van der Waals surface area contributed by atoms with E-state index in [-0.39, 0.29) is 11.4 Å². The summed E-state index contributed by atoms with van der Waals surface area (Å²) in [5.41, 5.74) is 0.850. The summed E-state index contributed by atoms with van der Waals surface area (Å²) in [7, 11) is 0. The van der Waals surface area contributed by atoms with Crippen LogP contribution in [-0.4, -0.2) is 14.7 Å². The van der Waals surface area contributed by atoms with Crippen LogP contribution < -0.4 is 5.69 Å². The third-order valence-corrected chi connectivity index (χ3v) is 2.01. The molecule has 0 aliphatic rings. The van der Waals surface area contributed by atoms with Crippen molar-refractivity contribution in [1.29, 1.82) is 0 Å². The van der Waals surface area contributed by atoms with Crippen LogP contribution in [0, 0.1) is 0 Å². The lowest BCUT2D eigenvalue weighted by atomic mass is 10.2. The van der Waals surface area contributed by atoms with Crippen molar-refractivity contribution in [2.45, 2.75) is 6.54 Å². The first-order valence-electron chi connectivity index (χ1n) is 4.27. The number of nitrogens with one attached hydrogen (secondary N) is 1. The van der Waals surface area contributed by atoms with Gasteiger partial charge in [-0.2, -0.15) is 0 Å². The summed E-state index contributed by atoms with van der Waals surface area (Å²) < 4.78 is 1.56. The monoisotopic (exact) mass is 190 g/mol. The Bertz CT molecular complexity index is 467. The number of hydrogen-bond acceptors (Lipinski definition) is 2. The Morgan fingerprint density at radius 3 is 2.57 bits per heavy atom. The summed E-state index contributed by atoms with van der Waals surface area (Å²) in [5.74, 6) is 0.232. The van der Waals surface area contributed by atoms with Crippen LogP contribution in [0.2, 0.25) is 0 Å². The molecule has 0 unspecified atom stereocenters. The van der Waals surface area contributed by atoms with Gasteiger partial charge in [0.2, 0.25) is 0 Å². The van der Waals surface area contributed by atoms with E-state index in [0.29, 0.717) is 6.54 Å². The smallest absolute Gasteiger partial charge is 0.325 e. The summed E-state index contributed by atoms with van der Waals surface area (Å²) in [4.78, 5) is 13.7. The second kappa shape index (κ2) is 3.41. The van der Waals surface area contributed by atoms with Crippen molar-refractivity contribution < 1.29 is 5.11 Å². The SMILES string of the molecule is O=c1[nH]ccn1Cc1ccc(O)cc1. The van der Waals surface area contributed by atoms with Crippen molar-refractivity contribution >= 4 is 0 Å². The van der Waals surface area contributed by atoms with Gasteiger partial charge in [-0.25, -0.2) is 4.79 Å². The fourth-order valence-corrected chi connectivity index (χ4v) is 1.27. The minimum atomic E-state index is -0.127. The number of nitrogens with zero attached hydrogens (tertiary/aromatic N) is 1. The number of phenolic OH excluding ortho intramolecular Hbond substituents is 1. The molecule has 0 fully saturated rings. The Balaban J connectivity index is 2.23. The number of imidazole rings is 1. The summed E-state index contributed by atoms with van der Waals surface area (Å²) in [6, 6.07) is 6.78. The summed E-state index contributed by atoms with van der Waals surface area (Å²) >= 11 is 0.